The molecule has 0 aliphatic carbocycles. The van der Waals surface area contributed by atoms with Crippen molar-refractivity contribution in [1.29, 1.82) is 0 Å². The van der Waals surface area contributed by atoms with E-state index in [4.69, 9.17) is 4.74 Å². The highest BCUT2D eigenvalue weighted by Crippen LogP contribution is 2.08. The van der Waals surface area contributed by atoms with Crippen LogP contribution in [0.1, 0.15) is 20.8 Å². The maximum Gasteiger partial charge on any atom is 0.216 e. The Morgan fingerprint density at radius 1 is 1.21 bits per heavy atom. The van der Waals surface area contributed by atoms with Crippen LogP contribution >= 0.6 is 0 Å². The SMILES string of the molecule is CC#CCN1CCN(S(=O)(=O)CCOC(C)C)CC1. The summed E-state index contributed by atoms with van der Waals surface area (Å²) in [6, 6.07) is 0. The van der Waals surface area contributed by atoms with Crippen molar-refractivity contribution < 1.29 is 13.2 Å². The molecule has 19 heavy (non-hydrogen) atoms. The highest BCUT2D eigenvalue weighted by molar-refractivity contribution is 7.89. The molecule has 1 saturated heterocycles. The van der Waals surface area contributed by atoms with Gasteiger partial charge in [-0.3, -0.25) is 4.90 Å². The first kappa shape index (κ1) is 16.4. The third kappa shape index (κ3) is 5.91. The Balaban J connectivity index is 2.38. The monoisotopic (exact) mass is 288 g/mol. The van der Waals surface area contributed by atoms with Crippen molar-refractivity contribution in [2.75, 3.05) is 45.1 Å². The average Bonchev–Trinajstić information content (AvgIpc) is 2.36. The molecule has 1 fully saturated rings. The molecular formula is C13H24N2O3S. The lowest BCUT2D eigenvalue weighted by atomic mass is 10.3. The van der Waals surface area contributed by atoms with Crippen LogP contribution in [0.3, 0.4) is 0 Å². The first-order chi connectivity index (χ1) is 8.95. The topological polar surface area (TPSA) is 49.9 Å². The maximum atomic E-state index is 12.1. The van der Waals surface area contributed by atoms with Gasteiger partial charge in [-0.2, -0.15) is 4.31 Å². The lowest BCUT2D eigenvalue weighted by Gasteiger charge is -2.32. The van der Waals surface area contributed by atoms with Gasteiger partial charge in [0.25, 0.3) is 0 Å². The Kier molecular flexibility index (Phi) is 6.80. The molecule has 0 saturated carbocycles. The molecule has 6 heteroatoms. The molecule has 0 radical (unpaired) electrons. The van der Waals surface area contributed by atoms with E-state index in [0.29, 0.717) is 13.1 Å². The molecule has 1 aliphatic rings. The van der Waals surface area contributed by atoms with E-state index in [1.165, 1.54) is 0 Å². The maximum absolute atomic E-state index is 12.1. The van der Waals surface area contributed by atoms with Crippen LogP contribution in [0.25, 0.3) is 0 Å². The van der Waals surface area contributed by atoms with Gasteiger partial charge in [-0.1, -0.05) is 5.92 Å². The van der Waals surface area contributed by atoms with Gasteiger partial charge >= 0.3 is 0 Å². The Morgan fingerprint density at radius 3 is 2.37 bits per heavy atom. The zero-order valence-corrected chi connectivity index (χ0v) is 12.9. The molecule has 5 nitrogen and oxygen atoms in total. The van der Waals surface area contributed by atoms with E-state index in [1.807, 2.05) is 20.8 Å². The van der Waals surface area contributed by atoms with Crippen molar-refractivity contribution in [1.82, 2.24) is 9.21 Å². The van der Waals surface area contributed by atoms with Gasteiger partial charge in [0.05, 0.1) is 25.0 Å². The predicted octanol–water partition coefficient (Wildman–Crippen LogP) is 0.382. The summed E-state index contributed by atoms with van der Waals surface area (Å²) >= 11 is 0. The van der Waals surface area contributed by atoms with E-state index < -0.39 is 10.0 Å². The van der Waals surface area contributed by atoms with E-state index in [-0.39, 0.29) is 18.5 Å². The molecule has 0 aromatic carbocycles. The fraction of sp³-hybridized carbons (Fsp3) is 0.846. The normalized spacial score (nSPS) is 18.3. The summed E-state index contributed by atoms with van der Waals surface area (Å²) in [7, 11) is -3.18. The van der Waals surface area contributed by atoms with Crippen LogP contribution in [0.4, 0.5) is 0 Å². The number of sulfonamides is 1. The average molecular weight is 288 g/mol. The van der Waals surface area contributed by atoms with Crippen LogP contribution in [-0.4, -0.2) is 68.8 Å². The van der Waals surface area contributed by atoms with Crippen molar-refractivity contribution in [3.8, 4) is 11.8 Å². The standard InChI is InChI=1S/C13H24N2O3S/c1-4-5-6-14-7-9-15(10-8-14)19(16,17)12-11-18-13(2)3/h13H,6-12H2,1-3H3. The van der Waals surface area contributed by atoms with Crippen molar-refractivity contribution in [3.05, 3.63) is 0 Å². The Hall–Kier alpha value is -0.610. The number of ether oxygens (including phenoxy) is 1. The summed E-state index contributed by atoms with van der Waals surface area (Å²) in [5.41, 5.74) is 0. The van der Waals surface area contributed by atoms with Crippen LogP contribution < -0.4 is 0 Å². The Bertz CT molecular complexity index is 415. The molecule has 110 valence electrons. The smallest absolute Gasteiger partial charge is 0.216 e. The quantitative estimate of drug-likeness (QED) is 0.663. The van der Waals surface area contributed by atoms with Gasteiger partial charge in [0.15, 0.2) is 0 Å². The van der Waals surface area contributed by atoms with Crippen LogP contribution in [0, 0.1) is 11.8 Å². The minimum atomic E-state index is -3.18. The fourth-order valence-electron chi connectivity index (χ4n) is 1.87. The van der Waals surface area contributed by atoms with Crippen LogP contribution in [0.5, 0.6) is 0 Å². The number of hydrogen-bond donors (Lipinski definition) is 0. The molecule has 0 aromatic rings. The predicted molar refractivity (Wildman–Crippen MR) is 76.3 cm³/mol. The Morgan fingerprint density at radius 2 is 1.84 bits per heavy atom. The summed E-state index contributed by atoms with van der Waals surface area (Å²) in [5.74, 6) is 5.93. The molecule has 0 amide bonds. The van der Waals surface area contributed by atoms with Gasteiger partial charge in [0, 0.05) is 26.2 Å². The van der Waals surface area contributed by atoms with E-state index >= 15 is 0 Å². The number of nitrogens with zero attached hydrogens (tertiary/aromatic N) is 2. The van der Waals surface area contributed by atoms with E-state index in [2.05, 4.69) is 16.7 Å². The lowest BCUT2D eigenvalue weighted by molar-refractivity contribution is 0.0903. The minimum absolute atomic E-state index is 0.0691. The van der Waals surface area contributed by atoms with E-state index in [1.54, 1.807) is 4.31 Å². The first-order valence-electron chi connectivity index (χ1n) is 6.67. The van der Waals surface area contributed by atoms with E-state index in [0.717, 1.165) is 19.6 Å². The zero-order chi connectivity index (χ0) is 14.3. The second-order valence-corrected chi connectivity index (χ2v) is 6.93. The largest absolute Gasteiger partial charge is 0.378 e. The van der Waals surface area contributed by atoms with Crippen LogP contribution in [-0.2, 0) is 14.8 Å². The summed E-state index contributed by atoms with van der Waals surface area (Å²) in [4.78, 5) is 2.17. The molecule has 0 N–H and O–H groups in total. The summed E-state index contributed by atoms with van der Waals surface area (Å²) in [5, 5.41) is 0. The number of hydrogen-bond acceptors (Lipinski definition) is 4. The van der Waals surface area contributed by atoms with E-state index in [9.17, 15) is 8.42 Å². The molecule has 0 atom stereocenters. The highest BCUT2D eigenvalue weighted by atomic mass is 32.2. The molecule has 0 bridgehead atoms. The zero-order valence-electron chi connectivity index (χ0n) is 12.1. The van der Waals surface area contributed by atoms with Crippen molar-refractivity contribution >= 4 is 10.0 Å². The van der Waals surface area contributed by atoms with Crippen LogP contribution in [0.15, 0.2) is 0 Å². The molecule has 1 rings (SSSR count). The third-order valence-electron chi connectivity index (χ3n) is 3.00. The molecule has 0 spiro atoms. The molecular weight excluding hydrogens is 264 g/mol. The molecule has 0 unspecified atom stereocenters. The highest BCUT2D eigenvalue weighted by Gasteiger charge is 2.26. The summed E-state index contributed by atoms with van der Waals surface area (Å²) < 4.78 is 31.0. The van der Waals surface area contributed by atoms with Gasteiger partial charge in [0.1, 0.15) is 0 Å². The van der Waals surface area contributed by atoms with Gasteiger partial charge in [-0.25, -0.2) is 8.42 Å². The Labute approximate surface area is 117 Å². The second-order valence-electron chi connectivity index (χ2n) is 4.84. The molecule has 1 heterocycles. The minimum Gasteiger partial charge on any atom is -0.378 e. The van der Waals surface area contributed by atoms with Gasteiger partial charge in [-0.05, 0) is 20.8 Å². The number of piperazine rings is 1. The molecule has 1 aliphatic heterocycles. The van der Waals surface area contributed by atoms with Crippen molar-refractivity contribution in [2.24, 2.45) is 0 Å². The molecule has 0 aromatic heterocycles. The second kappa shape index (κ2) is 7.85. The lowest BCUT2D eigenvalue weighted by Crippen LogP contribution is -2.49. The van der Waals surface area contributed by atoms with Crippen molar-refractivity contribution in [3.63, 3.8) is 0 Å². The van der Waals surface area contributed by atoms with Gasteiger partial charge in [-0.15, -0.1) is 5.92 Å². The van der Waals surface area contributed by atoms with Gasteiger partial charge in [0.2, 0.25) is 10.0 Å². The summed E-state index contributed by atoms with van der Waals surface area (Å²) in [6.07, 6.45) is 0.0691. The fourth-order valence-corrected chi connectivity index (χ4v) is 3.16. The number of rotatable bonds is 6. The van der Waals surface area contributed by atoms with Gasteiger partial charge < -0.3 is 4.74 Å². The summed E-state index contributed by atoms with van der Waals surface area (Å²) in [6.45, 7) is 9.21. The third-order valence-corrected chi connectivity index (χ3v) is 4.83. The van der Waals surface area contributed by atoms with Crippen molar-refractivity contribution in [2.45, 2.75) is 26.9 Å². The van der Waals surface area contributed by atoms with Crippen LogP contribution in [0.2, 0.25) is 0 Å². The first-order valence-corrected chi connectivity index (χ1v) is 8.28.